The summed E-state index contributed by atoms with van der Waals surface area (Å²) >= 11 is 0. The molecule has 1 aliphatic rings. The zero-order chi connectivity index (χ0) is 14.7. The van der Waals surface area contributed by atoms with Gasteiger partial charge in [-0.15, -0.1) is 0 Å². The van der Waals surface area contributed by atoms with E-state index in [-0.39, 0.29) is 11.8 Å². The Labute approximate surface area is 123 Å². The number of H-pyrrole nitrogens is 1. The van der Waals surface area contributed by atoms with Gasteiger partial charge in [0.25, 0.3) is 5.91 Å². The average Bonchev–Trinajstić information content (AvgIpc) is 3.09. The van der Waals surface area contributed by atoms with Crippen LogP contribution in [0.1, 0.15) is 40.5 Å². The summed E-state index contributed by atoms with van der Waals surface area (Å²) in [5.41, 5.74) is 0.919. The highest BCUT2D eigenvalue weighted by molar-refractivity contribution is 5.96. The van der Waals surface area contributed by atoms with Gasteiger partial charge < -0.3 is 9.88 Å². The zero-order valence-electron chi connectivity index (χ0n) is 11.6. The van der Waals surface area contributed by atoms with Crippen LogP contribution in [-0.2, 0) is 0 Å². The van der Waals surface area contributed by atoms with Crippen LogP contribution in [0.15, 0.2) is 36.7 Å². The molecule has 21 heavy (non-hydrogen) atoms. The van der Waals surface area contributed by atoms with E-state index in [0.717, 1.165) is 25.2 Å². The minimum absolute atomic E-state index is 0.0663. The average molecular weight is 280 g/mol. The molecular weight excluding hydrogens is 264 g/mol. The summed E-state index contributed by atoms with van der Waals surface area (Å²) in [6, 6.07) is 9.06. The number of amides is 1. The van der Waals surface area contributed by atoms with Gasteiger partial charge in [0.05, 0.1) is 17.2 Å². The predicted molar refractivity (Wildman–Crippen MR) is 77.6 cm³/mol. The van der Waals surface area contributed by atoms with Gasteiger partial charge in [0.1, 0.15) is 5.82 Å². The summed E-state index contributed by atoms with van der Waals surface area (Å²) in [6.45, 7) is 1.38. The molecule has 1 aromatic carbocycles. The van der Waals surface area contributed by atoms with E-state index in [1.54, 1.807) is 36.7 Å². The van der Waals surface area contributed by atoms with Crippen molar-refractivity contribution in [1.29, 1.82) is 5.26 Å². The molecule has 1 atom stereocenters. The number of aromatic amines is 1. The number of carbonyl (C=O) groups is 1. The number of imidazole rings is 1. The van der Waals surface area contributed by atoms with Crippen molar-refractivity contribution in [3.63, 3.8) is 0 Å². The van der Waals surface area contributed by atoms with Crippen LogP contribution >= 0.6 is 0 Å². The van der Waals surface area contributed by atoms with E-state index in [1.165, 1.54) is 0 Å². The number of hydrogen-bond acceptors (Lipinski definition) is 3. The molecule has 2 heterocycles. The highest BCUT2D eigenvalue weighted by Gasteiger charge is 2.27. The van der Waals surface area contributed by atoms with Crippen molar-refractivity contribution in [2.24, 2.45) is 0 Å². The third kappa shape index (κ3) is 2.65. The van der Waals surface area contributed by atoms with Crippen LogP contribution in [0.5, 0.6) is 0 Å². The second-order valence-electron chi connectivity index (χ2n) is 5.22. The number of rotatable bonds is 2. The summed E-state index contributed by atoms with van der Waals surface area (Å²) in [5, 5.41) is 9.13. The first-order valence-corrected chi connectivity index (χ1v) is 7.07. The van der Waals surface area contributed by atoms with E-state index in [9.17, 15) is 4.79 Å². The fourth-order valence-corrected chi connectivity index (χ4v) is 2.82. The molecule has 0 unspecified atom stereocenters. The topological polar surface area (TPSA) is 72.8 Å². The van der Waals surface area contributed by atoms with Crippen molar-refractivity contribution in [2.45, 2.75) is 18.8 Å². The van der Waals surface area contributed by atoms with Crippen LogP contribution in [0.25, 0.3) is 0 Å². The SMILES string of the molecule is N#Cc1ccccc1C(=O)N1CCC[C@H](c2ncc[nH]2)C1. The number of aromatic nitrogens is 2. The normalized spacial score (nSPS) is 18.2. The molecule has 1 aromatic heterocycles. The minimum Gasteiger partial charge on any atom is -0.348 e. The molecule has 0 aliphatic carbocycles. The number of likely N-dealkylation sites (tertiary alicyclic amines) is 1. The second-order valence-corrected chi connectivity index (χ2v) is 5.22. The van der Waals surface area contributed by atoms with E-state index >= 15 is 0 Å². The Morgan fingerprint density at radius 3 is 3.05 bits per heavy atom. The Morgan fingerprint density at radius 1 is 1.43 bits per heavy atom. The maximum atomic E-state index is 12.6. The smallest absolute Gasteiger partial charge is 0.255 e. The summed E-state index contributed by atoms with van der Waals surface area (Å²) in [7, 11) is 0. The largest absolute Gasteiger partial charge is 0.348 e. The molecular formula is C16H16N4O. The third-order valence-corrected chi connectivity index (χ3v) is 3.89. The van der Waals surface area contributed by atoms with Gasteiger partial charge in [0, 0.05) is 31.4 Å². The molecule has 1 aliphatic heterocycles. The van der Waals surface area contributed by atoms with E-state index in [1.807, 2.05) is 4.90 Å². The Hall–Kier alpha value is -2.61. The van der Waals surface area contributed by atoms with E-state index in [2.05, 4.69) is 16.0 Å². The van der Waals surface area contributed by atoms with Crippen molar-refractivity contribution in [3.05, 3.63) is 53.6 Å². The number of carbonyl (C=O) groups excluding carboxylic acids is 1. The summed E-state index contributed by atoms with van der Waals surface area (Å²) < 4.78 is 0. The van der Waals surface area contributed by atoms with Crippen LogP contribution in [0.2, 0.25) is 0 Å². The summed E-state index contributed by atoms with van der Waals surface area (Å²) in [5.74, 6) is 1.11. The standard InChI is InChI=1S/C16H16N4O/c17-10-12-4-1-2-6-14(12)16(21)20-9-3-5-13(11-20)15-18-7-8-19-15/h1-2,4,6-8,13H,3,5,9,11H2,(H,18,19)/t13-/m0/s1. The van der Waals surface area contributed by atoms with E-state index in [4.69, 9.17) is 5.26 Å². The van der Waals surface area contributed by atoms with Gasteiger partial charge in [-0.05, 0) is 25.0 Å². The number of nitrogens with one attached hydrogen (secondary N) is 1. The molecule has 5 nitrogen and oxygen atoms in total. The Kier molecular flexibility index (Phi) is 3.69. The molecule has 1 saturated heterocycles. The molecule has 1 fully saturated rings. The molecule has 1 N–H and O–H groups in total. The predicted octanol–water partition coefficient (Wildman–Crippen LogP) is 2.30. The van der Waals surface area contributed by atoms with Crippen LogP contribution in [-0.4, -0.2) is 33.9 Å². The van der Waals surface area contributed by atoms with Crippen molar-refractivity contribution in [2.75, 3.05) is 13.1 Å². The number of piperidine rings is 1. The molecule has 0 spiro atoms. The molecule has 0 radical (unpaired) electrons. The van der Waals surface area contributed by atoms with E-state index in [0.29, 0.717) is 17.7 Å². The van der Waals surface area contributed by atoms with Crippen LogP contribution in [0.3, 0.4) is 0 Å². The van der Waals surface area contributed by atoms with Crippen molar-refractivity contribution >= 4 is 5.91 Å². The number of nitriles is 1. The maximum Gasteiger partial charge on any atom is 0.255 e. The second kappa shape index (κ2) is 5.80. The third-order valence-electron chi connectivity index (χ3n) is 3.89. The van der Waals surface area contributed by atoms with Gasteiger partial charge in [-0.2, -0.15) is 5.26 Å². The van der Waals surface area contributed by atoms with E-state index < -0.39 is 0 Å². The minimum atomic E-state index is -0.0663. The number of nitrogens with zero attached hydrogens (tertiary/aromatic N) is 3. The molecule has 106 valence electrons. The highest BCUT2D eigenvalue weighted by Crippen LogP contribution is 2.25. The zero-order valence-corrected chi connectivity index (χ0v) is 11.6. The van der Waals surface area contributed by atoms with Gasteiger partial charge in [0.2, 0.25) is 0 Å². The molecule has 5 heteroatoms. The molecule has 3 rings (SSSR count). The fourth-order valence-electron chi connectivity index (χ4n) is 2.82. The monoisotopic (exact) mass is 280 g/mol. The molecule has 0 bridgehead atoms. The van der Waals surface area contributed by atoms with Gasteiger partial charge in [0.15, 0.2) is 0 Å². The lowest BCUT2D eigenvalue weighted by atomic mass is 9.96. The summed E-state index contributed by atoms with van der Waals surface area (Å²) in [4.78, 5) is 21.9. The number of benzene rings is 1. The maximum absolute atomic E-state index is 12.6. The molecule has 2 aromatic rings. The van der Waals surface area contributed by atoms with Crippen LogP contribution < -0.4 is 0 Å². The Bertz CT molecular complexity index is 672. The molecule has 0 saturated carbocycles. The fraction of sp³-hybridized carbons (Fsp3) is 0.312. The van der Waals surface area contributed by atoms with Gasteiger partial charge in [-0.1, -0.05) is 12.1 Å². The van der Waals surface area contributed by atoms with Crippen LogP contribution in [0, 0.1) is 11.3 Å². The first kappa shape index (κ1) is 13.4. The lowest BCUT2D eigenvalue weighted by Crippen LogP contribution is -2.39. The summed E-state index contributed by atoms with van der Waals surface area (Å²) in [6.07, 6.45) is 5.52. The van der Waals surface area contributed by atoms with Gasteiger partial charge >= 0.3 is 0 Å². The van der Waals surface area contributed by atoms with Crippen LogP contribution in [0.4, 0.5) is 0 Å². The quantitative estimate of drug-likeness (QED) is 0.917. The first-order valence-electron chi connectivity index (χ1n) is 7.07. The van der Waals surface area contributed by atoms with Crippen molar-refractivity contribution in [3.8, 4) is 6.07 Å². The lowest BCUT2D eigenvalue weighted by molar-refractivity contribution is 0.0704. The van der Waals surface area contributed by atoms with Crippen molar-refractivity contribution < 1.29 is 4.79 Å². The number of hydrogen-bond donors (Lipinski definition) is 1. The Balaban J connectivity index is 1.80. The highest BCUT2D eigenvalue weighted by atomic mass is 16.2. The lowest BCUT2D eigenvalue weighted by Gasteiger charge is -2.32. The first-order chi connectivity index (χ1) is 10.3. The van der Waals surface area contributed by atoms with Gasteiger partial charge in [-0.3, -0.25) is 4.79 Å². The molecule has 1 amide bonds. The Morgan fingerprint density at radius 2 is 2.29 bits per heavy atom. The van der Waals surface area contributed by atoms with Gasteiger partial charge in [-0.25, -0.2) is 4.98 Å². The van der Waals surface area contributed by atoms with Crippen molar-refractivity contribution in [1.82, 2.24) is 14.9 Å².